The molecule has 0 atom stereocenters. The zero-order chi connectivity index (χ0) is 10.5. The minimum absolute atomic E-state index is 0.879. The Kier molecular flexibility index (Phi) is 4.21. The summed E-state index contributed by atoms with van der Waals surface area (Å²) in [6, 6.07) is 0.879. The summed E-state index contributed by atoms with van der Waals surface area (Å²) >= 11 is 0. The van der Waals surface area contributed by atoms with Gasteiger partial charge in [0.2, 0.25) is 0 Å². The van der Waals surface area contributed by atoms with E-state index in [0.717, 1.165) is 18.4 Å². The third-order valence-corrected chi connectivity index (χ3v) is 3.63. The quantitative estimate of drug-likeness (QED) is 0.672. The molecule has 1 N–H and O–H groups in total. The van der Waals surface area contributed by atoms with Crippen molar-refractivity contribution in [3.8, 4) is 0 Å². The Morgan fingerprint density at radius 3 is 2.53 bits per heavy atom. The highest BCUT2D eigenvalue weighted by Gasteiger charge is 2.23. The fourth-order valence-electron chi connectivity index (χ4n) is 2.31. The Hall–Kier alpha value is -0.340. The van der Waals surface area contributed by atoms with Crippen molar-refractivity contribution in [2.45, 2.75) is 38.1 Å². The summed E-state index contributed by atoms with van der Waals surface area (Å²) in [6.07, 6.45) is 8.77. The molecule has 2 nitrogen and oxygen atoms in total. The highest BCUT2D eigenvalue weighted by Crippen LogP contribution is 2.21. The molecule has 0 spiro atoms. The van der Waals surface area contributed by atoms with Gasteiger partial charge in [-0.15, -0.1) is 6.58 Å². The van der Waals surface area contributed by atoms with Crippen molar-refractivity contribution in [2.75, 3.05) is 26.2 Å². The fraction of sp³-hybridized carbons (Fsp3) is 0.846. The highest BCUT2D eigenvalue weighted by molar-refractivity contribution is 4.83. The second kappa shape index (κ2) is 5.66. The molecule has 2 heteroatoms. The van der Waals surface area contributed by atoms with Crippen LogP contribution in [0.3, 0.4) is 0 Å². The van der Waals surface area contributed by atoms with Gasteiger partial charge in [0.05, 0.1) is 0 Å². The monoisotopic (exact) mass is 208 g/mol. The van der Waals surface area contributed by atoms with E-state index in [1.54, 1.807) is 0 Å². The van der Waals surface area contributed by atoms with Gasteiger partial charge in [-0.1, -0.05) is 6.08 Å². The number of hydrogen-bond donors (Lipinski definition) is 1. The van der Waals surface area contributed by atoms with Gasteiger partial charge in [-0.2, -0.15) is 0 Å². The molecule has 0 amide bonds. The molecule has 2 aliphatic rings. The first-order chi connectivity index (χ1) is 7.38. The molecular formula is C13H24N2. The fourth-order valence-corrected chi connectivity index (χ4v) is 2.31. The number of hydrogen-bond acceptors (Lipinski definition) is 2. The molecule has 2 fully saturated rings. The summed E-state index contributed by atoms with van der Waals surface area (Å²) < 4.78 is 0. The zero-order valence-corrected chi connectivity index (χ0v) is 9.75. The molecule has 0 aromatic carbocycles. The van der Waals surface area contributed by atoms with Crippen molar-refractivity contribution in [2.24, 2.45) is 5.92 Å². The Morgan fingerprint density at radius 1 is 1.20 bits per heavy atom. The van der Waals surface area contributed by atoms with Gasteiger partial charge in [-0.3, -0.25) is 0 Å². The lowest BCUT2D eigenvalue weighted by Gasteiger charge is -2.31. The standard InChI is InChI=1S/C13H24N2/c1-2-3-8-15-9-6-12(7-10-15)11-14-13-4-5-13/h2,12-14H,1,3-11H2. The number of piperidine rings is 1. The molecule has 0 unspecified atom stereocenters. The van der Waals surface area contributed by atoms with Crippen molar-refractivity contribution >= 4 is 0 Å². The summed E-state index contributed by atoms with van der Waals surface area (Å²) in [5.74, 6) is 0.936. The number of nitrogens with one attached hydrogen (secondary N) is 1. The maximum Gasteiger partial charge on any atom is 0.00683 e. The number of nitrogens with zero attached hydrogens (tertiary/aromatic N) is 1. The molecule has 1 aliphatic heterocycles. The van der Waals surface area contributed by atoms with Crippen molar-refractivity contribution in [3.63, 3.8) is 0 Å². The van der Waals surface area contributed by atoms with Crippen LogP contribution >= 0.6 is 0 Å². The van der Waals surface area contributed by atoms with Crippen molar-refractivity contribution in [3.05, 3.63) is 12.7 Å². The first-order valence-corrected chi connectivity index (χ1v) is 6.45. The second-order valence-corrected chi connectivity index (χ2v) is 5.04. The summed E-state index contributed by atoms with van der Waals surface area (Å²) in [6.45, 7) is 8.85. The van der Waals surface area contributed by atoms with Gasteiger partial charge in [-0.25, -0.2) is 0 Å². The average molecular weight is 208 g/mol. The second-order valence-electron chi connectivity index (χ2n) is 5.04. The zero-order valence-electron chi connectivity index (χ0n) is 9.75. The first kappa shape index (κ1) is 11.2. The third-order valence-electron chi connectivity index (χ3n) is 3.63. The van der Waals surface area contributed by atoms with Gasteiger partial charge in [0.15, 0.2) is 0 Å². The third kappa shape index (κ3) is 3.96. The van der Waals surface area contributed by atoms with E-state index in [-0.39, 0.29) is 0 Å². The molecule has 1 saturated heterocycles. The molecule has 86 valence electrons. The van der Waals surface area contributed by atoms with Crippen LogP contribution in [0.4, 0.5) is 0 Å². The van der Waals surface area contributed by atoms with Crippen LogP contribution in [0.5, 0.6) is 0 Å². The molecule has 0 aromatic heterocycles. The van der Waals surface area contributed by atoms with Crippen LogP contribution in [0.15, 0.2) is 12.7 Å². The number of rotatable bonds is 6. The first-order valence-electron chi connectivity index (χ1n) is 6.45. The van der Waals surface area contributed by atoms with Crippen molar-refractivity contribution in [1.82, 2.24) is 10.2 Å². The van der Waals surface area contributed by atoms with Crippen LogP contribution in [0.2, 0.25) is 0 Å². The van der Waals surface area contributed by atoms with E-state index < -0.39 is 0 Å². The van der Waals surface area contributed by atoms with E-state index in [9.17, 15) is 0 Å². The highest BCUT2D eigenvalue weighted by atomic mass is 15.1. The lowest BCUT2D eigenvalue weighted by atomic mass is 9.96. The lowest BCUT2D eigenvalue weighted by Crippen LogP contribution is -2.38. The van der Waals surface area contributed by atoms with Gasteiger partial charge >= 0.3 is 0 Å². The maximum absolute atomic E-state index is 3.78. The van der Waals surface area contributed by atoms with E-state index in [4.69, 9.17) is 0 Å². The summed E-state index contributed by atoms with van der Waals surface area (Å²) in [5.41, 5.74) is 0. The average Bonchev–Trinajstić information content (AvgIpc) is 3.09. The summed E-state index contributed by atoms with van der Waals surface area (Å²) in [5, 5.41) is 3.65. The van der Waals surface area contributed by atoms with Gasteiger partial charge in [-0.05, 0) is 57.7 Å². The van der Waals surface area contributed by atoms with Gasteiger partial charge in [0.25, 0.3) is 0 Å². The van der Waals surface area contributed by atoms with Gasteiger partial charge in [0.1, 0.15) is 0 Å². The summed E-state index contributed by atoms with van der Waals surface area (Å²) in [7, 11) is 0. The molecule has 1 saturated carbocycles. The Bertz CT molecular complexity index is 191. The smallest absolute Gasteiger partial charge is 0.00683 e. The number of likely N-dealkylation sites (tertiary alicyclic amines) is 1. The van der Waals surface area contributed by atoms with Crippen LogP contribution in [-0.4, -0.2) is 37.1 Å². The van der Waals surface area contributed by atoms with E-state index >= 15 is 0 Å². The molecule has 1 aliphatic carbocycles. The predicted molar refractivity (Wildman–Crippen MR) is 65.0 cm³/mol. The molecule has 0 radical (unpaired) electrons. The topological polar surface area (TPSA) is 15.3 Å². The van der Waals surface area contributed by atoms with Gasteiger partial charge < -0.3 is 10.2 Å². The molecular weight excluding hydrogens is 184 g/mol. The Morgan fingerprint density at radius 2 is 1.93 bits per heavy atom. The largest absolute Gasteiger partial charge is 0.314 e. The maximum atomic E-state index is 3.78. The van der Waals surface area contributed by atoms with Crippen molar-refractivity contribution in [1.29, 1.82) is 0 Å². The minimum Gasteiger partial charge on any atom is -0.314 e. The van der Waals surface area contributed by atoms with Crippen LogP contribution in [0.25, 0.3) is 0 Å². The van der Waals surface area contributed by atoms with Crippen LogP contribution < -0.4 is 5.32 Å². The van der Waals surface area contributed by atoms with Crippen LogP contribution in [-0.2, 0) is 0 Å². The minimum atomic E-state index is 0.879. The molecule has 0 aromatic rings. The Balaban J connectivity index is 1.56. The van der Waals surface area contributed by atoms with Crippen molar-refractivity contribution < 1.29 is 0 Å². The van der Waals surface area contributed by atoms with Gasteiger partial charge in [0, 0.05) is 12.6 Å². The van der Waals surface area contributed by atoms with Crippen LogP contribution in [0, 0.1) is 5.92 Å². The molecule has 2 rings (SSSR count). The van der Waals surface area contributed by atoms with E-state index in [1.807, 2.05) is 6.08 Å². The summed E-state index contributed by atoms with van der Waals surface area (Å²) in [4.78, 5) is 2.58. The van der Waals surface area contributed by atoms with E-state index in [2.05, 4.69) is 16.8 Å². The van der Waals surface area contributed by atoms with E-state index in [1.165, 1.54) is 51.9 Å². The molecule has 1 heterocycles. The molecule has 15 heavy (non-hydrogen) atoms. The Labute approximate surface area is 93.7 Å². The lowest BCUT2D eigenvalue weighted by molar-refractivity contribution is 0.185. The van der Waals surface area contributed by atoms with Crippen LogP contribution in [0.1, 0.15) is 32.1 Å². The normalized spacial score (nSPS) is 24.3. The SMILES string of the molecule is C=CCCN1CCC(CNC2CC2)CC1. The van der Waals surface area contributed by atoms with E-state index in [0.29, 0.717) is 0 Å². The predicted octanol–water partition coefficient (Wildman–Crippen LogP) is 2.03. The molecule has 0 bridgehead atoms.